The molecule has 31 heavy (non-hydrogen) atoms. The van der Waals surface area contributed by atoms with Gasteiger partial charge in [-0.05, 0) is 62.2 Å². The van der Waals surface area contributed by atoms with E-state index in [9.17, 15) is 8.42 Å². The highest BCUT2D eigenvalue weighted by Gasteiger charge is 2.26. The van der Waals surface area contributed by atoms with Gasteiger partial charge in [0.1, 0.15) is 0 Å². The van der Waals surface area contributed by atoms with Crippen LogP contribution >= 0.6 is 0 Å². The molecule has 0 aromatic carbocycles. The Hall–Kier alpha value is -0.170. The molecule has 0 unspecified atom stereocenters. The number of sulfonamides is 1. The van der Waals surface area contributed by atoms with Crippen LogP contribution in [0.2, 0.25) is 0 Å². The molecule has 0 saturated heterocycles. The number of primary sulfonamides is 1. The summed E-state index contributed by atoms with van der Waals surface area (Å²) in [5.41, 5.74) is 0.687. The van der Waals surface area contributed by atoms with Gasteiger partial charge in [0.2, 0.25) is 10.0 Å². The molecule has 0 radical (unpaired) electrons. The van der Waals surface area contributed by atoms with E-state index in [1.807, 2.05) is 0 Å². The molecule has 0 spiro atoms. The lowest BCUT2D eigenvalue weighted by atomic mass is 9.74. The molecule has 0 atom stereocenters. The van der Waals surface area contributed by atoms with Crippen molar-refractivity contribution in [1.29, 1.82) is 0 Å². The van der Waals surface area contributed by atoms with Gasteiger partial charge in [-0.1, -0.05) is 72.6 Å². The molecule has 0 aliphatic heterocycles. The maximum absolute atomic E-state index is 11.2. The molecule has 0 saturated carbocycles. The highest BCUT2D eigenvalue weighted by atomic mass is 32.2. The average molecular weight is 464 g/mol. The standard InChI is InChI=1S/C25H53NO4S/c1-5-24(6-2,16-9-12-20-27)17-10-13-21-30-22-14-11-18-25(7-3,8-4)19-15-23-31(26,28)29/h27H,5-23H2,1-4H3,(H2,26,28,29). The van der Waals surface area contributed by atoms with Crippen molar-refractivity contribution in [2.75, 3.05) is 25.6 Å². The van der Waals surface area contributed by atoms with E-state index in [1.165, 1.54) is 32.1 Å². The van der Waals surface area contributed by atoms with Crippen molar-refractivity contribution >= 4 is 10.0 Å². The van der Waals surface area contributed by atoms with E-state index >= 15 is 0 Å². The summed E-state index contributed by atoms with van der Waals surface area (Å²) in [4.78, 5) is 0. The number of hydrogen-bond acceptors (Lipinski definition) is 4. The van der Waals surface area contributed by atoms with Crippen LogP contribution in [0.3, 0.4) is 0 Å². The van der Waals surface area contributed by atoms with Gasteiger partial charge < -0.3 is 9.84 Å². The fraction of sp³-hybridized carbons (Fsp3) is 1.00. The van der Waals surface area contributed by atoms with Crippen LogP contribution in [0.1, 0.15) is 124 Å². The predicted molar refractivity (Wildman–Crippen MR) is 133 cm³/mol. The monoisotopic (exact) mass is 463 g/mol. The minimum atomic E-state index is -3.35. The summed E-state index contributed by atoms with van der Waals surface area (Å²) in [5, 5.41) is 14.2. The highest BCUT2D eigenvalue weighted by molar-refractivity contribution is 7.89. The third-order valence-electron chi connectivity index (χ3n) is 7.74. The summed E-state index contributed by atoms with van der Waals surface area (Å²) in [6, 6.07) is 0. The lowest BCUT2D eigenvalue weighted by Crippen LogP contribution is -2.22. The molecule has 0 aromatic rings. The summed E-state index contributed by atoms with van der Waals surface area (Å²) in [6.45, 7) is 11.0. The summed E-state index contributed by atoms with van der Waals surface area (Å²) in [7, 11) is -3.35. The molecule has 6 heteroatoms. The number of ether oxygens (including phenoxy) is 1. The topological polar surface area (TPSA) is 89.6 Å². The van der Waals surface area contributed by atoms with Gasteiger partial charge in [-0.3, -0.25) is 0 Å². The number of rotatable bonds is 22. The van der Waals surface area contributed by atoms with E-state index in [0.717, 1.165) is 71.0 Å². The fourth-order valence-electron chi connectivity index (χ4n) is 4.93. The maximum Gasteiger partial charge on any atom is 0.209 e. The lowest BCUT2D eigenvalue weighted by Gasteiger charge is -2.32. The fourth-order valence-corrected chi connectivity index (χ4v) is 5.48. The normalized spacial score (nSPS) is 13.1. The summed E-state index contributed by atoms with van der Waals surface area (Å²) < 4.78 is 28.3. The Labute approximate surface area is 194 Å². The van der Waals surface area contributed by atoms with Gasteiger partial charge in [-0.25, -0.2) is 13.6 Å². The molecule has 3 N–H and O–H groups in total. The quantitative estimate of drug-likeness (QED) is 0.187. The first-order valence-corrected chi connectivity index (χ1v) is 14.6. The Bertz CT molecular complexity index is 514. The third-order valence-corrected chi connectivity index (χ3v) is 8.60. The highest BCUT2D eigenvalue weighted by Crippen LogP contribution is 2.38. The summed E-state index contributed by atoms with van der Waals surface area (Å²) in [5.74, 6) is 0.0939. The molecule has 5 nitrogen and oxygen atoms in total. The molecule has 0 aromatic heterocycles. The molecule has 0 aliphatic rings. The Balaban J connectivity index is 4.01. The van der Waals surface area contributed by atoms with Crippen molar-refractivity contribution in [3.63, 3.8) is 0 Å². The van der Waals surface area contributed by atoms with Crippen LogP contribution in [0, 0.1) is 10.8 Å². The van der Waals surface area contributed by atoms with Crippen LogP contribution in [0.4, 0.5) is 0 Å². The molecule has 0 amide bonds. The molecule has 0 rings (SSSR count). The summed E-state index contributed by atoms with van der Waals surface area (Å²) >= 11 is 0. The number of hydrogen-bond donors (Lipinski definition) is 2. The van der Waals surface area contributed by atoms with E-state index in [4.69, 9.17) is 15.0 Å². The molecule has 0 fully saturated rings. The first-order chi connectivity index (χ1) is 14.7. The van der Waals surface area contributed by atoms with E-state index in [1.54, 1.807) is 0 Å². The number of aliphatic hydroxyl groups is 1. The van der Waals surface area contributed by atoms with Gasteiger partial charge in [0.15, 0.2) is 0 Å². The van der Waals surface area contributed by atoms with Crippen molar-refractivity contribution < 1.29 is 18.3 Å². The Kier molecular flexibility index (Phi) is 17.2. The van der Waals surface area contributed by atoms with E-state index < -0.39 is 10.0 Å². The molecular formula is C25H53NO4S. The molecule has 188 valence electrons. The molecule has 0 aliphatic carbocycles. The van der Waals surface area contributed by atoms with Crippen LogP contribution < -0.4 is 5.14 Å². The smallest absolute Gasteiger partial charge is 0.209 e. The second-order valence-corrected chi connectivity index (χ2v) is 11.3. The zero-order valence-electron chi connectivity index (χ0n) is 21.1. The summed E-state index contributed by atoms with van der Waals surface area (Å²) in [6.07, 6.45) is 16.5. The average Bonchev–Trinajstić information content (AvgIpc) is 2.75. The number of unbranched alkanes of at least 4 members (excludes halogenated alkanes) is 3. The van der Waals surface area contributed by atoms with Gasteiger partial charge >= 0.3 is 0 Å². The zero-order valence-corrected chi connectivity index (χ0v) is 21.9. The van der Waals surface area contributed by atoms with E-state index in [2.05, 4.69) is 27.7 Å². The van der Waals surface area contributed by atoms with Crippen molar-refractivity contribution in [1.82, 2.24) is 0 Å². The minimum absolute atomic E-state index is 0.0939. The Morgan fingerprint density at radius 3 is 1.42 bits per heavy atom. The van der Waals surface area contributed by atoms with Gasteiger partial charge in [0.25, 0.3) is 0 Å². The molecular weight excluding hydrogens is 410 g/mol. The van der Waals surface area contributed by atoms with Gasteiger partial charge in [0.05, 0.1) is 5.75 Å². The number of nitrogens with two attached hydrogens (primary N) is 1. The second kappa shape index (κ2) is 17.3. The van der Waals surface area contributed by atoms with Crippen molar-refractivity contribution in [2.24, 2.45) is 16.0 Å². The Morgan fingerprint density at radius 2 is 1.06 bits per heavy atom. The molecule has 0 bridgehead atoms. The van der Waals surface area contributed by atoms with Crippen molar-refractivity contribution in [3.8, 4) is 0 Å². The largest absolute Gasteiger partial charge is 0.396 e. The molecule has 0 heterocycles. The van der Waals surface area contributed by atoms with E-state index in [0.29, 0.717) is 18.4 Å². The maximum atomic E-state index is 11.2. The lowest BCUT2D eigenvalue weighted by molar-refractivity contribution is 0.113. The van der Waals surface area contributed by atoms with E-state index in [-0.39, 0.29) is 11.2 Å². The first-order valence-electron chi connectivity index (χ1n) is 12.9. The van der Waals surface area contributed by atoms with Crippen molar-refractivity contribution in [3.05, 3.63) is 0 Å². The number of aliphatic hydroxyl groups excluding tert-OH is 1. The van der Waals surface area contributed by atoms with Gasteiger partial charge in [-0.2, -0.15) is 0 Å². The first kappa shape index (κ1) is 30.8. The third kappa shape index (κ3) is 14.6. The van der Waals surface area contributed by atoms with Crippen molar-refractivity contribution in [2.45, 2.75) is 124 Å². The Morgan fingerprint density at radius 1 is 0.677 bits per heavy atom. The van der Waals surface area contributed by atoms with Gasteiger partial charge in [0, 0.05) is 19.8 Å². The van der Waals surface area contributed by atoms with Crippen LogP contribution in [0.5, 0.6) is 0 Å². The van der Waals surface area contributed by atoms with Crippen LogP contribution in [-0.4, -0.2) is 39.1 Å². The predicted octanol–water partition coefficient (Wildman–Crippen LogP) is 6.19. The minimum Gasteiger partial charge on any atom is -0.396 e. The van der Waals surface area contributed by atoms with Crippen LogP contribution in [-0.2, 0) is 14.8 Å². The van der Waals surface area contributed by atoms with Crippen LogP contribution in [0.15, 0.2) is 0 Å². The van der Waals surface area contributed by atoms with Gasteiger partial charge in [-0.15, -0.1) is 0 Å². The second-order valence-electron chi connectivity index (χ2n) is 9.59. The SMILES string of the molecule is CCC(CC)(CCCCO)CCCCOCCCCC(CC)(CC)CCCS(N)(=O)=O. The van der Waals surface area contributed by atoms with Crippen LogP contribution in [0.25, 0.3) is 0 Å². The zero-order chi connectivity index (χ0) is 23.6.